The number of nitrogens with zero attached hydrogens (tertiary/aromatic N) is 1. The number of carbonyl (C=O) groups is 1. The molecule has 1 heterocycles. The van der Waals surface area contributed by atoms with Crippen molar-refractivity contribution in [3.05, 3.63) is 29.8 Å². The molecule has 2 rings (SSSR count). The van der Waals surface area contributed by atoms with Gasteiger partial charge in [-0.05, 0) is 43.5 Å². The van der Waals surface area contributed by atoms with E-state index in [1.54, 1.807) is 12.1 Å². The van der Waals surface area contributed by atoms with Crippen LogP contribution in [0.5, 0.6) is 0 Å². The van der Waals surface area contributed by atoms with Crippen molar-refractivity contribution < 1.29 is 13.2 Å². The van der Waals surface area contributed by atoms with E-state index in [0.29, 0.717) is 24.1 Å². The van der Waals surface area contributed by atoms with E-state index < -0.39 is 9.84 Å². The molecule has 0 unspecified atom stereocenters. The van der Waals surface area contributed by atoms with Crippen molar-refractivity contribution in [1.82, 2.24) is 10.2 Å². The van der Waals surface area contributed by atoms with Gasteiger partial charge in [-0.25, -0.2) is 8.42 Å². The van der Waals surface area contributed by atoms with Gasteiger partial charge in [-0.1, -0.05) is 19.9 Å². The molecule has 0 saturated carbocycles. The number of nitrogens with one attached hydrogen (secondary N) is 1. The lowest BCUT2D eigenvalue weighted by molar-refractivity contribution is 0.0939. The molecule has 1 aromatic carbocycles. The Morgan fingerprint density at radius 3 is 2.78 bits per heavy atom. The summed E-state index contributed by atoms with van der Waals surface area (Å²) in [5.41, 5.74) is 0.390. The third-order valence-corrected chi connectivity index (χ3v) is 5.23. The number of sulfone groups is 1. The fourth-order valence-electron chi connectivity index (χ4n) is 3.02. The molecule has 1 atom stereocenters. The quantitative estimate of drug-likeness (QED) is 0.861. The fraction of sp³-hybridized carbons (Fsp3) is 0.588. The summed E-state index contributed by atoms with van der Waals surface area (Å²) in [5, 5.41) is 2.95. The monoisotopic (exact) mass is 338 g/mol. The van der Waals surface area contributed by atoms with Gasteiger partial charge < -0.3 is 5.32 Å². The molecule has 0 aliphatic carbocycles. The van der Waals surface area contributed by atoms with E-state index in [9.17, 15) is 13.2 Å². The Hall–Kier alpha value is -1.40. The Balaban J connectivity index is 1.97. The van der Waals surface area contributed by atoms with E-state index in [1.165, 1.54) is 12.1 Å². The van der Waals surface area contributed by atoms with Crippen molar-refractivity contribution in [3.8, 4) is 0 Å². The highest BCUT2D eigenvalue weighted by atomic mass is 32.2. The largest absolute Gasteiger partial charge is 0.350 e. The Morgan fingerprint density at radius 2 is 2.13 bits per heavy atom. The molecule has 1 N–H and O–H groups in total. The second-order valence-corrected chi connectivity index (χ2v) is 8.71. The number of hydrogen-bond acceptors (Lipinski definition) is 4. The summed E-state index contributed by atoms with van der Waals surface area (Å²) in [6, 6.07) is 6.56. The van der Waals surface area contributed by atoms with Crippen LogP contribution in [0.15, 0.2) is 29.2 Å². The lowest BCUT2D eigenvalue weighted by atomic mass is 10.1. The van der Waals surface area contributed by atoms with Gasteiger partial charge in [0, 0.05) is 31.0 Å². The Kier molecular flexibility index (Phi) is 5.81. The van der Waals surface area contributed by atoms with E-state index >= 15 is 0 Å². The van der Waals surface area contributed by atoms with Gasteiger partial charge in [0.2, 0.25) is 0 Å². The van der Waals surface area contributed by atoms with Crippen molar-refractivity contribution in [2.75, 3.05) is 25.9 Å². The predicted molar refractivity (Wildman–Crippen MR) is 91.3 cm³/mol. The molecule has 1 aromatic rings. The summed E-state index contributed by atoms with van der Waals surface area (Å²) < 4.78 is 23.2. The maximum Gasteiger partial charge on any atom is 0.251 e. The Labute approximate surface area is 139 Å². The number of likely N-dealkylation sites (tertiary alicyclic amines) is 1. The van der Waals surface area contributed by atoms with Gasteiger partial charge in [-0.15, -0.1) is 0 Å². The molecule has 1 saturated heterocycles. The molecule has 128 valence electrons. The number of carbonyl (C=O) groups excluding carboxylic acids is 1. The number of rotatable bonds is 6. The SMILES string of the molecule is CC(C)CN1CCC[C@H]1CNC(=O)c1cccc(S(C)(=O)=O)c1. The molecule has 0 aromatic heterocycles. The zero-order chi connectivity index (χ0) is 17.0. The van der Waals surface area contributed by atoms with Crippen LogP contribution in [0.2, 0.25) is 0 Å². The maximum atomic E-state index is 12.3. The normalized spacial score (nSPS) is 19.2. The average Bonchev–Trinajstić information content (AvgIpc) is 2.90. The summed E-state index contributed by atoms with van der Waals surface area (Å²) in [4.78, 5) is 14.9. The van der Waals surface area contributed by atoms with Gasteiger partial charge in [0.05, 0.1) is 4.90 Å². The van der Waals surface area contributed by atoms with E-state index in [-0.39, 0.29) is 10.8 Å². The molecule has 0 spiro atoms. The first-order chi connectivity index (χ1) is 10.8. The van der Waals surface area contributed by atoms with Crippen molar-refractivity contribution in [1.29, 1.82) is 0 Å². The molecule has 1 aliphatic rings. The van der Waals surface area contributed by atoms with Crippen LogP contribution >= 0.6 is 0 Å². The minimum atomic E-state index is -3.30. The van der Waals surface area contributed by atoms with Crippen LogP contribution in [0.1, 0.15) is 37.0 Å². The maximum absolute atomic E-state index is 12.3. The zero-order valence-electron chi connectivity index (χ0n) is 14.1. The van der Waals surface area contributed by atoms with Gasteiger partial charge >= 0.3 is 0 Å². The molecule has 1 amide bonds. The standard InChI is InChI=1S/C17H26N2O3S/c1-13(2)12-19-9-5-7-15(19)11-18-17(20)14-6-4-8-16(10-14)23(3,21)22/h4,6,8,10,13,15H,5,7,9,11-12H2,1-3H3,(H,18,20)/t15-/m0/s1. The lowest BCUT2D eigenvalue weighted by Crippen LogP contribution is -2.41. The van der Waals surface area contributed by atoms with Crippen LogP contribution in [0.4, 0.5) is 0 Å². The van der Waals surface area contributed by atoms with Gasteiger partial charge in [0.15, 0.2) is 9.84 Å². The topological polar surface area (TPSA) is 66.5 Å². The van der Waals surface area contributed by atoms with Gasteiger partial charge in [-0.3, -0.25) is 9.69 Å². The van der Waals surface area contributed by atoms with Crippen molar-refractivity contribution >= 4 is 15.7 Å². The highest BCUT2D eigenvalue weighted by Gasteiger charge is 2.25. The third-order valence-electron chi connectivity index (χ3n) is 4.12. The molecule has 23 heavy (non-hydrogen) atoms. The van der Waals surface area contributed by atoms with E-state index in [0.717, 1.165) is 32.2 Å². The van der Waals surface area contributed by atoms with Crippen molar-refractivity contribution in [3.63, 3.8) is 0 Å². The van der Waals surface area contributed by atoms with Crippen LogP contribution < -0.4 is 5.32 Å². The highest BCUT2D eigenvalue weighted by Crippen LogP contribution is 2.18. The van der Waals surface area contributed by atoms with Gasteiger partial charge in [0.1, 0.15) is 0 Å². The van der Waals surface area contributed by atoms with Crippen molar-refractivity contribution in [2.45, 2.75) is 37.6 Å². The number of benzene rings is 1. The average molecular weight is 338 g/mol. The molecule has 1 fully saturated rings. The number of amides is 1. The molecule has 0 radical (unpaired) electrons. The molecular weight excluding hydrogens is 312 g/mol. The zero-order valence-corrected chi connectivity index (χ0v) is 14.9. The van der Waals surface area contributed by atoms with Crippen LogP contribution in [-0.2, 0) is 9.84 Å². The smallest absolute Gasteiger partial charge is 0.251 e. The van der Waals surface area contributed by atoms with Gasteiger partial charge in [-0.2, -0.15) is 0 Å². The third kappa shape index (κ3) is 5.04. The van der Waals surface area contributed by atoms with E-state index in [2.05, 4.69) is 24.1 Å². The van der Waals surface area contributed by atoms with Crippen LogP contribution in [0, 0.1) is 5.92 Å². The fourth-order valence-corrected chi connectivity index (χ4v) is 3.68. The molecule has 0 bridgehead atoms. The second-order valence-electron chi connectivity index (χ2n) is 6.69. The minimum absolute atomic E-state index is 0.174. The van der Waals surface area contributed by atoms with E-state index in [4.69, 9.17) is 0 Å². The molecule has 5 nitrogen and oxygen atoms in total. The first-order valence-corrected chi connectivity index (χ1v) is 9.99. The summed E-state index contributed by atoms with van der Waals surface area (Å²) in [5.74, 6) is 0.393. The Morgan fingerprint density at radius 1 is 1.39 bits per heavy atom. The Bertz CT molecular complexity index is 656. The highest BCUT2D eigenvalue weighted by molar-refractivity contribution is 7.90. The molecule has 6 heteroatoms. The van der Waals surface area contributed by atoms with Crippen LogP contribution in [0.25, 0.3) is 0 Å². The molecule has 1 aliphatic heterocycles. The second kappa shape index (κ2) is 7.45. The minimum Gasteiger partial charge on any atom is -0.350 e. The summed E-state index contributed by atoms with van der Waals surface area (Å²) in [6.07, 6.45) is 3.40. The summed E-state index contributed by atoms with van der Waals surface area (Å²) >= 11 is 0. The van der Waals surface area contributed by atoms with Crippen LogP contribution in [0.3, 0.4) is 0 Å². The first kappa shape index (κ1) is 17.9. The summed E-state index contributed by atoms with van der Waals surface area (Å²) in [7, 11) is -3.30. The molecular formula is C17H26N2O3S. The van der Waals surface area contributed by atoms with Crippen molar-refractivity contribution in [2.24, 2.45) is 5.92 Å². The predicted octanol–water partition coefficient (Wildman–Crippen LogP) is 1.94. The van der Waals surface area contributed by atoms with E-state index in [1.807, 2.05) is 0 Å². The van der Waals surface area contributed by atoms with Crippen LogP contribution in [-0.4, -0.2) is 51.2 Å². The summed E-state index contributed by atoms with van der Waals surface area (Å²) in [6.45, 7) is 7.14. The van der Waals surface area contributed by atoms with Gasteiger partial charge in [0.25, 0.3) is 5.91 Å². The lowest BCUT2D eigenvalue weighted by Gasteiger charge is -2.26. The number of hydrogen-bond donors (Lipinski definition) is 1. The first-order valence-electron chi connectivity index (χ1n) is 8.09.